The van der Waals surface area contributed by atoms with Crippen molar-refractivity contribution in [2.24, 2.45) is 0 Å². The number of hydrogen-bond acceptors (Lipinski definition) is 3. The maximum Gasteiger partial charge on any atom is 0.436 e. The van der Waals surface area contributed by atoms with Gasteiger partial charge in [0.1, 0.15) is 0 Å². The first kappa shape index (κ1) is 22.7. The van der Waals surface area contributed by atoms with Crippen molar-refractivity contribution in [1.29, 1.82) is 0 Å². The summed E-state index contributed by atoms with van der Waals surface area (Å²) in [6.45, 7) is 1.54. The molecule has 2 aromatic carbocycles. The molecular weight excluding hydrogens is 503 g/mol. The van der Waals surface area contributed by atoms with Gasteiger partial charge < -0.3 is 5.32 Å². The van der Waals surface area contributed by atoms with Gasteiger partial charge in [0.15, 0.2) is 5.69 Å². The molecule has 0 radical (unpaired) electrons. The van der Waals surface area contributed by atoms with Gasteiger partial charge in [-0.15, -0.1) is 0 Å². The highest BCUT2D eigenvalue weighted by atomic mass is 79.9. The number of rotatable bonds is 6. The number of aromatic nitrogens is 2. The van der Waals surface area contributed by atoms with Gasteiger partial charge in [-0.1, -0.05) is 35.5 Å². The van der Waals surface area contributed by atoms with Crippen LogP contribution in [0.4, 0.5) is 18.9 Å². The first-order valence-corrected chi connectivity index (χ1v) is 10.8. The van der Waals surface area contributed by atoms with Crippen molar-refractivity contribution < 1.29 is 18.0 Å². The van der Waals surface area contributed by atoms with Crippen molar-refractivity contribution in [1.82, 2.24) is 9.78 Å². The maximum absolute atomic E-state index is 13.0. The van der Waals surface area contributed by atoms with E-state index in [2.05, 4.69) is 26.3 Å². The average molecular weight is 519 g/mol. The number of carbonyl (C=O) groups is 1. The van der Waals surface area contributed by atoms with E-state index in [-0.39, 0.29) is 23.3 Å². The van der Waals surface area contributed by atoms with Crippen molar-refractivity contribution >= 4 is 50.9 Å². The van der Waals surface area contributed by atoms with Gasteiger partial charge >= 0.3 is 6.18 Å². The highest BCUT2D eigenvalue weighted by Crippen LogP contribution is 2.36. The average Bonchev–Trinajstić information content (AvgIpc) is 2.98. The molecule has 30 heavy (non-hydrogen) atoms. The third-order valence-corrected chi connectivity index (χ3v) is 6.44. The zero-order valence-electron chi connectivity index (χ0n) is 15.6. The van der Waals surface area contributed by atoms with Crippen LogP contribution in [0.5, 0.6) is 0 Å². The molecule has 0 spiro atoms. The van der Waals surface area contributed by atoms with Crippen LogP contribution in [0.3, 0.4) is 0 Å². The Balaban J connectivity index is 1.67. The van der Waals surface area contributed by atoms with E-state index in [0.717, 1.165) is 9.79 Å². The lowest BCUT2D eigenvalue weighted by atomic mass is 10.3. The molecule has 0 saturated carbocycles. The van der Waals surface area contributed by atoms with Gasteiger partial charge in [0.2, 0.25) is 5.91 Å². The number of nitrogens with zero attached hydrogens (tertiary/aromatic N) is 2. The third kappa shape index (κ3) is 5.59. The molecule has 1 N–H and O–H groups in total. The second kappa shape index (κ2) is 9.45. The predicted molar refractivity (Wildman–Crippen MR) is 115 cm³/mol. The highest BCUT2D eigenvalue weighted by molar-refractivity contribution is 9.10. The Labute approximate surface area is 188 Å². The number of hydrogen-bond donors (Lipinski definition) is 1. The quantitative estimate of drug-likeness (QED) is 0.390. The number of nitrogens with one attached hydrogen (secondary N) is 1. The Kier molecular flexibility index (Phi) is 7.15. The van der Waals surface area contributed by atoms with Gasteiger partial charge in [-0.25, -0.2) is 0 Å². The molecule has 158 valence electrons. The number of anilines is 1. The molecule has 0 aliphatic rings. The first-order chi connectivity index (χ1) is 14.1. The van der Waals surface area contributed by atoms with Crippen molar-refractivity contribution in [2.75, 3.05) is 5.32 Å². The number of halogens is 5. The SMILES string of the molecule is Cc1c(Br)c(C(F)(F)F)nn1CCC(=O)Nc1ccccc1Sc1ccc(Cl)cc1. The molecular formula is C20H16BrClF3N3OS. The molecule has 1 heterocycles. The number of carbonyl (C=O) groups excluding carboxylic acids is 1. The second-order valence-corrected chi connectivity index (χ2v) is 8.66. The minimum Gasteiger partial charge on any atom is -0.325 e. The van der Waals surface area contributed by atoms with Crippen molar-refractivity contribution in [3.8, 4) is 0 Å². The Morgan fingerprint density at radius 3 is 2.50 bits per heavy atom. The van der Waals surface area contributed by atoms with Gasteiger partial charge in [0, 0.05) is 21.2 Å². The zero-order chi connectivity index (χ0) is 21.9. The summed E-state index contributed by atoms with van der Waals surface area (Å²) in [4.78, 5) is 14.2. The molecule has 0 fully saturated rings. The largest absolute Gasteiger partial charge is 0.436 e. The predicted octanol–water partition coefficient (Wildman–Crippen LogP) is 6.81. The lowest BCUT2D eigenvalue weighted by Gasteiger charge is -2.11. The summed E-state index contributed by atoms with van der Waals surface area (Å²) < 4.78 is 40.0. The third-order valence-electron chi connectivity index (χ3n) is 4.16. The maximum atomic E-state index is 13.0. The molecule has 0 unspecified atom stereocenters. The van der Waals surface area contributed by atoms with Gasteiger partial charge in [-0.05, 0) is 59.3 Å². The van der Waals surface area contributed by atoms with Crippen LogP contribution < -0.4 is 5.32 Å². The van der Waals surface area contributed by atoms with E-state index in [9.17, 15) is 18.0 Å². The van der Waals surface area contributed by atoms with Crippen LogP contribution in [0.15, 0.2) is 62.8 Å². The van der Waals surface area contributed by atoms with E-state index >= 15 is 0 Å². The summed E-state index contributed by atoms with van der Waals surface area (Å²) in [6.07, 6.45) is -4.58. The fraction of sp³-hybridized carbons (Fsp3) is 0.200. The van der Waals surface area contributed by atoms with Crippen LogP contribution in [-0.4, -0.2) is 15.7 Å². The monoisotopic (exact) mass is 517 g/mol. The topological polar surface area (TPSA) is 46.9 Å². The summed E-state index contributed by atoms with van der Waals surface area (Å²) in [5.41, 5.74) is -0.0595. The molecule has 1 amide bonds. The molecule has 0 aliphatic carbocycles. The van der Waals surface area contributed by atoms with Crippen LogP contribution in [0, 0.1) is 6.92 Å². The van der Waals surface area contributed by atoms with Crippen molar-refractivity contribution in [2.45, 2.75) is 35.9 Å². The van der Waals surface area contributed by atoms with E-state index in [1.54, 1.807) is 24.3 Å². The minimum absolute atomic E-state index is 0.0216. The molecule has 10 heteroatoms. The Bertz CT molecular complexity index is 1050. The van der Waals surface area contributed by atoms with E-state index < -0.39 is 11.9 Å². The van der Waals surface area contributed by atoms with Crippen molar-refractivity contribution in [3.05, 3.63) is 69.4 Å². The minimum atomic E-state index is -4.56. The van der Waals surface area contributed by atoms with Crippen molar-refractivity contribution in [3.63, 3.8) is 0 Å². The molecule has 0 aliphatic heterocycles. The summed E-state index contributed by atoms with van der Waals surface area (Å²) >= 11 is 10.3. The van der Waals surface area contributed by atoms with Crippen LogP contribution >= 0.6 is 39.3 Å². The molecule has 0 saturated heterocycles. The van der Waals surface area contributed by atoms with E-state index in [4.69, 9.17) is 11.6 Å². The number of para-hydroxylation sites is 1. The summed E-state index contributed by atoms with van der Waals surface area (Å²) in [7, 11) is 0. The Morgan fingerprint density at radius 1 is 1.20 bits per heavy atom. The lowest BCUT2D eigenvalue weighted by molar-refractivity contribution is -0.142. The normalized spacial score (nSPS) is 11.5. The first-order valence-electron chi connectivity index (χ1n) is 8.77. The number of alkyl halides is 3. The summed E-state index contributed by atoms with van der Waals surface area (Å²) in [6, 6.07) is 14.6. The van der Waals surface area contributed by atoms with Gasteiger partial charge in [-0.3, -0.25) is 9.48 Å². The van der Waals surface area contributed by atoms with Crippen LogP contribution in [0.25, 0.3) is 0 Å². The lowest BCUT2D eigenvalue weighted by Crippen LogP contribution is -2.16. The van der Waals surface area contributed by atoms with Crippen LogP contribution in [-0.2, 0) is 17.5 Å². The second-order valence-electron chi connectivity index (χ2n) is 6.32. The number of aryl methyl sites for hydroxylation is 1. The highest BCUT2D eigenvalue weighted by Gasteiger charge is 2.37. The molecule has 0 atom stereocenters. The molecule has 4 nitrogen and oxygen atoms in total. The van der Waals surface area contributed by atoms with Gasteiger partial charge in [-0.2, -0.15) is 18.3 Å². The standard InChI is InChI=1S/C20H16BrClF3N3OS/c1-12-18(21)19(20(23,24)25)27-28(12)11-10-17(29)26-15-4-2-3-5-16(15)30-14-8-6-13(22)7-9-14/h2-9H,10-11H2,1H3,(H,26,29). The fourth-order valence-corrected chi connectivity index (χ4v) is 4.17. The molecule has 1 aromatic heterocycles. The number of benzene rings is 2. The number of amides is 1. The summed E-state index contributed by atoms with van der Waals surface area (Å²) in [5, 5.41) is 7.05. The van der Waals surface area contributed by atoms with E-state index in [0.29, 0.717) is 16.4 Å². The molecule has 0 bridgehead atoms. The molecule has 3 aromatic rings. The van der Waals surface area contributed by atoms with E-state index in [1.807, 2.05) is 24.3 Å². The Hall–Kier alpha value is -1.97. The van der Waals surface area contributed by atoms with Crippen LogP contribution in [0.2, 0.25) is 5.02 Å². The van der Waals surface area contributed by atoms with Gasteiger partial charge in [0.05, 0.1) is 22.4 Å². The van der Waals surface area contributed by atoms with Crippen LogP contribution in [0.1, 0.15) is 17.8 Å². The fourth-order valence-electron chi connectivity index (χ4n) is 2.63. The Morgan fingerprint density at radius 2 is 1.87 bits per heavy atom. The van der Waals surface area contributed by atoms with E-state index in [1.165, 1.54) is 23.4 Å². The summed E-state index contributed by atoms with van der Waals surface area (Å²) in [5.74, 6) is -0.321. The zero-order valence-corrected chi connectivity index (χ0v) is 18.8. The van der Waals surface area contributed by atoms with Gasteiger partial charge in [0.25, 0.3) is 0 Å². The smallest absolute Gasteiger partial charge is 0.325 e. The molecule has 3 rings (SSSR count).